The molecule has 0 spiro atoms. The van der Waals surface area contributed by atoms with E-state index in [1.54, 1.807) is 13.2 Å². The Morgan fingerprint density at radius 1 is 1.69 bits per heavy atom. The van der Waals surface area contributed by atoms with Gasteiger partial charge in [0.1, 0.15) is 6.26 Å². The first-order chi connectivity index (χ1) is 7.70. The molecule has 2 atom stereocenters. The molecule has 2 unspecified atom stereocenters. The Morgan fingerprint density at radius 3 is 3.19 bits per heavy atom. The maximum absolute atomic E-state index is 9.29. The summed E-state index contributed by atoms with van der Waals surface area (Å²) in [6, 6.07) is 0.341. The summed E-state index contributed by atoms with van der Waals surface area (Å²) in [6.45, 7) is 6.11. The number of nitrogens with zero attached hydrogens (tertiary/aromatic N) is 2. The molecule has 0 saturated carbocycles. The smallest absolute Gasteiger partial charge is 0.211 e. The van der Waals surface area contributed by atoms with Crippen molar-refractivity contribution in [2.75, 3.05) is 13.1 Å². The van der Waals surface area contributed by atoms with E-state index in [-0.39, 0.29) is 6.10 Å². The molecule has 0 radical (unpaired) electrons. The molecule has 0 bridgehead atoms. The summed E-state index contributed by atoms with van der Waals surface area (Å²) in [5, 5.41) is 9.29. The van der Waals surface area contributed by atoms with E-state index in [1.807, 2.05) is 0 Å². The van der Waals surface area contributed by atoms with Crippen molar-refractivity contribution in [3.8, 4) is 0 Å². The summed E-state index contributed by atoms with van der Waals surface area (Å²) in [7, 11) is 0. The van der Waals surface area contributed by atoms with Crippen LogP contribution in [0.3, 0.4) is 0 Å². The second-order valence-electron chi connectivity index (χ2n) is 4.52. The Labute approximate surface area is 96.3 Å². The number of aliphatic hydroxyl groups is 1. The molecular weight excluding hydrogens is 204 g/mol. The quantitative estimate of drug-likeness (QED) is 0.846. The van der Waals surface area contributed by atoms with Crippen LogP contribution < -0.4 is 0 Å². The van der Waals surface area contributed by atoms with Crippen LogP contribution in [0.25, 0.3) is 0 Å². The Kier molecular flexibility index (Phi) is 3.61. The van der Waals surface area contributed by atoms with E-state index in [2.05, 4.69) is 16.8 Å². The maximum Gasteiger partial charge on any atom is 0.211 e. The van der Waals surface area contributed by atoms with Crippen LogP contribution in [-0.4, -0.2) is 34.2 Å². The average molecular weight is 224 g/mol. The molecule has 2 heterocycles. The van der Waals surface area contributed by atoms with Crippen molar-refractivity contribution < 1.29 is 9.52 Å². The highest BCUT2D eigenvalue weighted by atomic mass is 16.3. The number of hydrogen-bond acceptors (Lipinski definition) is 4. The predicted octanol–water partition coefficient (Wildman–Crippen LogP) is 1.75. The second kappa shape index (κ2) is 4.97. The number of likely N-dealkylation sites (tertiary alicyclic amines) is 1. The zero-order valence-electron chi connectivity index (χ0n) is 10.0. The highest BCUT2D eigenvalue weighted by Crippen LogP contribution is 2.30. The van der Waals surface area contributed by atoms with Gasteiger partial charge in [0, 0.05) is 6.42 Å². The molecule has 0 aliphatic carbocycles. The lowest BCUT2D eigenvalue weighted by atomic mass is 10.2. The minimum Gasteiger partial charge on any atom is -0.447 e. The van der Waals surface area contributed by atoms with Gasteiger partial charge >= 0.3 is 0 Å². The van der Waals surface area contributed by atoms with Crippen LogP contribution in [0.15, 0.2) is 10.7 Å². The monoisotopic (exact) mass is 224 g/mol. The van der Waals surface area contributed by atoms with Crippen molar-refractivity contribution in [2.24, 2.45) is 0 Å². The van der Waals surface area contributed by atoms with Crippen LogP contribution >= 0.6 is 0 Å². The summed E-state index contributed by atoms with van der Waals surface area (Å²) in [5.41, 5.74) is 0.855. The average Bonchev–Trinajstić information content (AvgIpc) is 2.83. The summed E-state index contributed by atoms with van der Waals surface area (Å²) in [6.07, 6.45) is 4.23. The number of aromatic nitrogens is 1. The minimum atomic E-state index is -0.358. The third-order valence-corrected chi connectivity index (χ3v) is 3.13. The van der Waals surface area contributed by atoms with Crippen molar-refractivity contribution in [3.05, 3.63) is 17.8 Å². The molecule has 0 aromatic carbocycles. The molecule has 1 aliphatic rings. The first-order valence-corrected chi connectivity index (χ1v) is 6.07. The molecule has 90 valence electrons. The molecule has 4 heteroatoms. The highest BCUT2D eigenvalue weighted by molar-refractivity contribution is 5.03. The lowest BCUT2D eigenvalue weighted by Gasteiger charge is -2.19. The third-order valence-electron chi connectivity index (χ3n) is 3.13. The van der Waals surface area contributed by atoms with Crippen molar-refractivity contribution in [3.63, 3.8) is 0 Å². The van der Waals surface area contributed by atoms with E-state index >= 15 is 0 Å². The molecule has 0 amide bonds. The molecule has 4 nitrogen and oxygen atoms in total. The first-order valence-electron chi connectivity index (χ1n) is 6.07. The van der Waals surface area contributed by atoms with E-state index < -0.39 is 0 Å². The van der Waals surface area contributed by atoms with Crippen molar-refractivity contribution in [1.29, 1.82) is 0 Å². The zero-order chi connectivity index (χ0) is 11.5. The lowest BCUT2D eigenvalue weighted by Crippen LogP contribution is -2.22. The van der Waals surface area contributed by atoms with Crippen LogP contribution in [-0.2, 0) is 6.42 Å². The minimum absolute atomic E-state index is 0.341. The first kappa shape index (κ1) is 11.6. The summed E-state index contributed by atoms with van der Waals surface area (Å²) >= 11 is 0. The zero-order valence-corrected chi connectivity index (χ0v) is 10.0. The number of rotatable bonds is 4. The van der Waals surface area contributed by atoms with Crippen LogP contribution in [0.2, 0.25) is 0 Å². The Bertz CT molecular complexity index is 336. The molecule has 1 aromatic rings. The largest absolute Gasteiger partial charge is 0.447 e. The van der Waals surface area contributed by atoms with Gasteiger partial charge in [-0.2, -0.15) is 0 Å². The Morgan fingerprint density at radius 2 is 2.50 bits per heavy atom. The fourth-order valence-corrected chi connectivity index (χ4v) is 2.36. The van der Waals surface area contributed by atoms with Crippen LogP contribution in [0, 0.1) is 0 Å². The third kappa shape index (κ3) is 2.44. The number of oxazole rings is 1. The van der Waals surface area contributed by atoms with Crippen LogP contribution in [0.1, 0.15) is 44.3 Å². The van der Waals surface area contributed by atoms with Gasteiger partial charge in [-0.05, 0) is 32.9 Å². The Balaban J connectivity index is 2.06. The topological polar surface area (TPSA) is 49.5 Å². The normalized spacial score (nSPS) is 23.8. The van der Waals surface area contributed by atoms with Gasteiger partial charge < -0.3 is 9.52 Å². The molecule has 1 N–H and O–H groups in total. The summed E-state index contributed by atoms with van der Waals surface area (Å²) in [4.78, 5) is 6.85. The molecule has 16 heavy (non-hydrogen) atoms. The highest BCUT2D eigenvalue weighted by Gasteiger charge is 2.28. The lowest BCUT2D eigenvalue weighted by molar-refractivity contribution is 0.194. The van der Waals surface area contributed by atoms with Gasteiger partial charge in [-0.15, -0.1) is 0 Å². The van der Waals surface area contributed by atoms with Gasteiger partial charge in [0.05, 0.1) is 17.8 Å². The molecule has 2 rings (SSSR count). The Hall–Kier alpha value is -0.870. The van der Waals surface area contributed by atoms with E-state index in [4.69, 9.17) is 4.42 Å². The van der Waals surface area contributed by atoms with Gasteiger partial charge in [0.15, 0.2) is 0 Å². The maximum atomic E-state index is 9.29. The summed E-state index contributed by atoms with van der Waals surface area (Å²) < 4.78 is 5.52. The SMILES string of the molecule is CCN1CCCC1c1nc(CC(C)O)co1. The molecule has 1 aliphatic heterocycles. The van der Waals surface area contributed by atoms with Crippen LogP contribution in [0.4, 0.5) is 0 Å². The molecule has 1 aromatic heterocycles. The predicted molar refractivity (Wildman–Crippen MR) is 61.1 cm³/mol. The van der Waals surface area contributed by atoms with E-state index in [0.29, 0.717) is 12.5 Å². The molecule has 1 fully saturated rings. The second-order valence-corrected chi connectivity index (χ2v) is 4.52. The van der Waals surface area contributed by atoms with E-state index in [1.165, 1.54) is 6.42 Å². The standard InChI is InChI=1S/C12H20N2O2/c1-3-14-6-4-5-11(14)12-13-10(8-16-12)7-9(2)15/h8-9,11,15H,3-7H2,1-2H3. The van der Waals surface area contributed by atoms with Gasteiger partial charge in [-0.25, -0.2) is 4.98 Å². The van der Waals surface area contributed by atoms with Crippen molar-refractivity contribution in [1.82, 2.24) is 9.88 Å². The van der Waals surface area contributed by atoms with Crippen molar-refractivity contribution in [2.45, 2.75) is 45.3 Å². The van der Waals surface area contributed by atoms with E-state index in [9.17, 15) is 5.11 Å². The van der Waals surface area contributed by atoms with Gasteiger partial charge in [0.2, 0.25) is 5.89 Å². The van der Waals surface area contributed by atoms with Gasteiger partial charge in [-0.1, -0.05) is 6.92 Å². The van der Waals surface area contributed by atoms with Crippen molar-refractivity contribution >= 4 is 0 Å². The van der Waals surface area contributed by atoms with Gasteiger partial charge in [0.25, 0.3) is 0 Å². The number of hydrogen-bond donors (Lipinski definition) is 1. The molecule has 1 saturated heterocycles. The van der Waals surface area contributed by atoms with Gasteiger partial charge in [-0.3, -0.25) is 4.90 Å². The fraction of sp³-hybridized carbons (Fsp3) is 0.750. The fourth-order valence-electron chi connectivity index (χ4n) is 2.36. The summed E-state index contributed by atoms with van der Waals surface area (Å²) in [5.74, 6) is 0.815. The molecular formula is C12H20N2O2. The van der Waals surface area contributed by atoms with E-state index in [0.717, 1.165) is 31.1 Å². The van der Waals surface area contributed by atoms with Crippen LogP contribution in [0.5, 0.6) is 0 Å². The number of aliphatic hydroxyl groups excluding tert-OH is 1.